The van der Waals surface area contributed by atoms with Crippen molar-refractivity contribution in [3.05, 3.63) is 23.8 Å². The number of carbonyl (C=O) groups is 2. The molecule has 0 saturated carbocycles. The molecule has 0 bridgehead atoms. The molecule has 1 atom stereocenters. The number of carbonyl (C=O) groups excluding carboxylic acids is 1. The van der Waals surface area contributed by atoms with Gasteiger partial charge in [0.2, 0.25) is 5.91 Å². The maximum Gasteiger partial charge on any atom is 0.313 e. The predicted octanol–water partition coefficient (Wildman–Crippen LogP) is 1.58. The zero-order valence-electron chi connectivity index (χ0n) is 11.5. The molecule has 1 fully saturated rings. The molecule has 1 amide bonds. The van der Waals surface area contributed by atoms with Gasteiger partial charge in [-0.15, -0.1) is 0 Å². The number of aryl methyl sites for hydroxylation is 1. The summed E-state index contributed by atoms with van der Waals surface area (Å²) in [4.78, 5) is 26.8. The van der Waals surface area contributed by atoms with Crippen LogP contribution in [0.5, 0.6) is 0 Å². The SMILES string of the molecule is Cc1ccc2nc(SCC(=O)O)n(C3CNC(=O)C3)c2c1. The van der Waals surface area contributed by atoms with Crippen LogP contribution in [-0.4, -0.2) is 38.8 Å². The summed E-state index contributed by atoms with van der Waals surface area (Å²) in [7, 11) is 0. The second-order valence-electron chi connectivity index (χ2n) is 5.10. The van der Waals surface area contributed by atoms with Gasteiger partial charge in [0.25, 0.3) is 0 Å². The molecule has 2 aromatic rings. The number of rotatable bonds is 4. The average Bonchev–Trinajstić information content (AvgIpc) is 2.99. The summed E-state index contributed by atoms with van der Waals surface area (Å²) in [5.41, 5.74) is 2.88. The van der Waals surface area contributed by atoms with Gasteiger partial charge in [0.1, 0.15) is 0 Å². The number of nitrogens with one attached hydrogen (secondary N) is 1. The first kappa shape index (κ1) is 13.9. The largest absolute Gasteiger partial charge is 0.481 e. The number of aliphatic carboxylic acids is 1. The number of hydrogen-bond donors (Lipinski definition) is 2. The second kappa shape index (κ2) is 5.40. The number of aromatic nitrogens is 2. The zero-order valence-corrected chi connectivity index (χ0v) is 12.3. The Kier molecular flexibility index (Phi) is 3.59. The Morgan fingerprint density at radius 1 is 1.57 bits per heavy atom. The van der Waals surface area contributed by atoms with E-state index in [1.165, 1.54) is 11.8 Å². The summed E-state index contributed by atoms with van der Waals surface area (Å²) in [6.45, 7) is 2.55. The fourth-order valence-corrected chi connectivity index (χ4v) is 3.34. The van der Waals surface area contributed by atoms with Crippen LogP contribution in [0.15, 0.2) is 23.4 Å². The lowest BCUT2D eigenvalue weighted by atomic mass is 10.2. The third-order valence-corrected chi connectivity index (χ3v) is 4.40. The molecule has 1 aromatic carbocycles. The van der Waals surface area contributed by atoms with Crippen molar-refractivity contribution >= 4 is 34.7 Å². The average molecular weight is 305 g/mol. The number of hydrogen-bond acceptors (Lipinski definition) is 4. The van der Waals surface area contributed by atoms with Gasteiger partial charge in [0.05, 0.1) is 22.8 Å². The molecule has 1 aliphatic heterocycles. The number of carboxylic acids is 1. The molecule has 2 heterocycles. The van der Waals surface area contributed by atoms with E-state index in [0.29, 0.717) is 18.1 Å². The van der Waals surface area contributed by atoms with E-state index in [-0.39, 0.29) is 17.7 Å². The highest BCUT2D eigenvalue weighted by Gasteiger charge is 2.27. The summed E-state index contributed by atoms with van der Waals surface area (Å²) in [5.74, 6) is -0.907. The molecule has 7 heteroatoms. The Morgan fingerprint density at radius 3 is 3.05 bits per heavy atom. The van der Waals surface area contributed by atoms with Crippen molar-refractivity contribution in [1.82, 2.24) is 14.9 Å². The van der Waals surface area contributed by atoms with Crippen LogP contribution in [0, 0.1) is 6.92 Å². The van der Waals surface area contributed by atoms with E-state index in [4.69, 9.17) is 5.11 Å². The van der Waals surface area contributed by atoms with Crippen LogP contribution in [-0.2, 0) is 9.59 Å². The molecule has 6 nitrogen and oxygen atoms in total. The summed E-state index contributed by atoms with van der Waals surface area (Å²) < 4.78 is 1.99. The first-order valence-electron chi connectivity index (χ1n) is 6.64. The first-order chi connectivity index (χ1) is 10.0. The summed E-state index contributed by atoms with van der Waals surface area (Å²) in [5, 5.41) is 12.3. The molecule has 0 radical (unpaired) electrons. The minimum absolute atomic E-state index is 0.0133. The van der Waals surface area contributed by atoms with Crippen LogP contribution in [0.1, 0.15) is 18.0 Å². The van der Waals surface area contributed by atoms with Gasteiger partial charge in [-0.3, -0.25) is 9.59 Å². The number of carboxylic acid groups (broad SMARTS) is 1. The third-order valence-electron chi connectivity index (χ3n) is 3.46. The van der Waals surface area contributed by atoms with E-state index >= 15 is 0 Å². The van der Waals surface area contributed by atoms with Gasteiger partial charge < -0.3 is 15.0 Å². The van der Waals surface area contributed by atoms with Crippen molar-refractivity contribution in [2.75, 3.05) is 12.3 Å². The number of fused-ring (bicyclic) bond motifs is 1. The lowest BCUT2D eigenvalue weighted by Crippen LogP contribution is -2.16. The Hall–Kier alpha value is -2.02. The van der Waals surface area contributed by atoms with Gasteiger partial charge in [-0.25, -0.2) is 4.98 Å². The van der Waals surface area contributed by atoms with Gasteiger partial charge in [0, 0.05) is 13.0 Å². The molecular formula is C14H15N3O3S. The van der Waals surface area contributed by atoms with Crippen molar-refractivity contribution in [3.8, 4) is 0 Å². The molecule has 1 aromatic heterocycles. The Balaban J connectivity index is 2.07. The Labute approximate surface area is 125 Å². The van der Waals surface area contributed by atoms with Crippen LogP contribution in [0.2, 0.25) is 0 Å². The standard InChI is InChI=1S/C14H15N3O3S/c1-8-2-3-10-11(4-8)17(9-5-12(18)15-6-9)14(16-10)21-7-13(19)20/h2-4,9H,5-7H2,1H3,(H,15,18)(H,19,20). The summed E-state index contributed by atoms with van der Waals surface area (Å²) in [6.07, 6.45) is 0.403. The fourth-order valence-electron chi connectivity index (χ4n) is 2.53. The minimum Gasteiger partial charge on any atom is -0.481 e. The molecule has 0 spiro atoms. The van der Waals surface area contributed by atoms with Crippen LogP contribution in [0.25, 0.3) is 11.0 Å². The van der Waals surface area contributed by atoms with E-state index < -0.39 is 5.97 Å². The van der Waals surface area contributed by atoms with Gasteiger partial charge in [-0.1, -0.05) is 17.8 Å². The van der Waals surface area contributed by atoms with E-state index in [2.05, 4.69) is 10.3 Å². The number of nitrogens with zero attached hydrogens (tertiary/aromatic N) is 2. The molecule has 110 valence electrons. The van der Waals surface area contributed by atoms with E-state index in [0.717, 1.165) is 16.6 Å². The summed E-state index contributed by atoms with van der Waals surface area (Å²) >= 11 is 1.19. The highest BCUT2D eigenvalue weighted by atomic mass is 32.2. The summed E-state index contributed by atoms with van der Waals surface area (Å²) in [6, 6.07) is 5.91. The van der Waals surface area contributed by atoms with Crippen molar-refractivity contribution in [1.29, 1.82) is 0 Å². The molecule has 1 saturated heterocycles. The Morgan fingerprint density at radius 2 is 2.38 bits per heavy atom. The van der Waals surface area contributed by atoms with Gasteiger partial charge >= 0.3 is 5.97 Å². The fraction of sp³-hybridized carbons (Fsp3) is 0.357. The van der Waals surface area contributed by atoms with Gasteiger partial charge in [0.15, 0.2) is 5.16 Å². The Bertz CT molecular complexity index is 726. The van der Waals surface area contributed by atoms with Gasteiger partial charge in [-0.2, -0.15) is 0 Å². The van der Waals surface area contributed by atoms with E-state index in [9.17, 15) is 9.59 Å². The lowest BCUT2D eigenvalue weighted by molar-refractivity contribution is -0.134. The van der Waals surface area contributed by atoms with Crippen molar-refractivity contribution in [2.24, 2.45) is 0 Å². The van der Waals surface area contributed by atoms with E-state index in [1.807, 2.05) is 29.7 Å². The van der Waals surface area contributed by atoms with Crippen molar-refractivity contribution in [3.63, 3.8) is 0 Å². The zero-order chi connectivity index (χ0) is 15.0. The van der Waals surface area contributed by atoms with Gasteiger partial charge in [-0.05, 0) is 24.6 Å². The number of imidazole rings is 1. The van der Waals surface area contributed by atoms with Crippen LogP contribution in [0.4, 0.5) is 0 Å². The highest BCUT2D eigenvalue weighted by molar-refractivity contribution is 7.99. The smallest absolute Gasteiger partial charge is 0.313 e. The lowest BCUT2D eigenvalue weighted by Gasteiger charge is -2.14. The van der Waals surface area contributed by atoms with Crippen LogP contribution >= 0.6 is 11.8 Å². The predicted molar refractivity (Wildman–Crippen MR) is 79.5 cm³/mol. The molecule has 0 aliphatic carbocycles. The highest BCUT2D eigenvalue weighted by Crippen LogP contribution is 2.31. The minimum atomic E-state index is -0.879. The van der Waals surface area contributed by atoms with Crippen molar-refractivity contribution in [2.45, 2.75) is 24.5 Å². The van der Waals surface area contributed by atoms with Crippen molar-refractivity contribution < 1.29 is 14.7 Å². The number of thioether (sulfide) groups is 1. The van der Waals surface area contributed by atoms with Crippen LogP contribution < -0.4 is 5.32 Å². The molecule has 3 rings (SSSR count). The molecule has 1 unspecified atom stereocenters. The maximum absolute atomic E-state index is 11.5. The molecular weight excluding hydrogens is 290 g/mol. The second-order valence-corrected chi connectivity index (χ2v) is 6.04. The molecule has 21 heavy (non-hydrogen) atoms. The van der Waals surface area contributed by atoms with E-state index in [1.54, 1.807) is 0 Å². The number of benzene rings is 1. The number of amides is 1. The quantitative estimate of drug-likeness (QED) is 0.838. The topological polar surface area (TPSA) is 84.2 Å². The van der Waals surface area contributed by atoms with Crippen LogP contribution in [0.3, 0.4) is 0 Å². The molecule has 1 aliphatic rings. The first-order valence-corrected chi connectivity index (χ1v) is 7.63. The third kappa shape index (κ3) is 2.73. The monoisotopic (exact) mass is 305 g/mol. The molecule has 2 N–H and O–H groups in total. The normalized spacial score (nSPS) is 18.1. The maximum atomic E-state index is 11.5.